The Balaban J connectivity index is 1.97. The van der Waals surface area contributed by atoms with Gasteiger partial charge < -0.3 is 24.9 Å². The molecule has 3 N–H and O–H groups in total. The van der Waals surface area contributed by atoms with Gasteiger partial charge in [0.05, 0.1) is 35.9 Å². The Morgan fingerprint density at radius 2 is 1.90 bits per heavy atom. The molecule has 1 amide bonds. The first-order chi connectivity index (χ1) is 14.9. The number of carbonyl (C=O) groups is 2. The topological polar surface area (TPSA) is 117 Å². The Hall–Kier alpha value is -4.07. The van der Waals surface area contributed by atoms with E-state index in [4.69, 9.17) is 20.3 Å². The number of carboxylic acids is 1. The number of nitrogens with zero attached hydrogens (tertiary/aromatic N) is 2. The molecule has 2 aromatic heterocycles. The van der Waals surface area contributed by atoms with Gasteiger partial charge >= 0.3 is 5.97 Å². The number of hydrogen-bond acceptors (Lipinski definition) is 5. The Kier molecular flexibility index (Phi) is 5.21. The van der Waals surface area contributed by atoms with Gasteiger partial charge in [0.15, 0.2) is 6.61 Å². The van der Waals surface area contributed by atoms with E-state index in [-0.39, 0.29) is 5.75 Å². The molecule has 158 valence electrons. The fourth-order valence-corrected chi connectivity index (χ4v) is 3.89. The Morgan fingerprint density at radius 3 is 2.58 bits per heavy atom. The van der Waals surface area contributed by atoms with Crippen LogP contribution in [0.4, 0.5) is 0 Å². The lowest BCUT2D eigenvalue weighted by atomic mass is 10.1. The second kappa shape index (κ2) is 7.98. The van der Waals surface area contributed by atoms with Gasteiger partial charge in [-0.25, -0.2) is 4.79 Å². The van der Waals surface area contributed by atoms with E-state index in [1.807, 2.05) is 35.8 Å². The van der Waals surface area contributed by atoms with E-state index >= 15 is 0 Å². The number of amides is 1. The highest BCUT2D eigenvalue weighted by molar-refractivity contribution is 6.19. The number of ether oxygens (including phenoxy) is 2. The number of benzene rings is 2. The number of carbonyl (C=O) groups excluding carboxylic acids is 1. The van der Waals surface area contributed by atoms with Gasteiger partial charge in [0.2, 0.25) is 5.91 Å². The van der Waals surface area contributed by atoms with Crippen molar-refractivity contribution in [3.63, 3.8) is 0 Å². The van der Waals surface area contributed by atoms with E-state index in [9.17, 15) is 9.59 Å². The predicted molar refractivity (Wildman–Crippen MR) is 116 cm³/mol. The lowest BCUT2D eigenvalue weighted by molar-refractivity contribution is -0.139. The number of hydrogen-bond donors (Lipinski definition) is 2. The maximum Gasteiger partial charge on any atom is 0.341 e. The second-order valence-corrected chi connectivity index (χ2v) is 7.17. The van der Waals surface area contributed by atoms with Crippen LogP contribution in [0, 0.1) is 6.92 Å². The largest absolute Gasteiger partial charge is 0.496 e. The van der Waals surface area contributed by atoms with Crippen molar-refractivity contribution in [1.82, 2.24) is 9.55 Å². The Morgan fingerprint density at radius 1 is 1.10 bits per heavy atom. The zero-order chi connectivity index (χ0) is 22.1. The van der Waals surface area contributed by atoms with E-state index in [2.05, 4.69) is 4.98 Å². The van der Waals surface area contributed by atoms with E-state index in [1.165, 1.54) is 6.20 Å². The zero-order valence-electron chi connectivity index (χ0n) is 17.1. The molecule has 0 aliphatic carbocycles. The van der Waals surface area contributed by atoms with Crippen molar-refractivity contribution < 1.29 is 24.2 Å². The molecule has 4 rings (SSSR count). The van der Waals surface area contributed by atoms with Gasteiger partial charge in [-0.3, -0.25) is 9.78 Å². The molecular weight excluding hydrogens is 398 g/mol. The molecule has 4 aromatic rings. The number of primary amides is 1. The Labute approximate surface area is 177 Å². The van der Waals surface area contributed by atoms with Crippen LogP contribution in [0.5, 0.6) is 11.5 Å². The maximum absolute atomic E-state index is 12.2. The Bertz CT molecular complexity index is 1330. The summed E-state index contributed by atoms with van der Waals surface area (Å²) in [5.41, 5.74) is 9.48. The summed E-state index contributed by atoms with van der Waals surface area (Å²) in [4.78, 5) is 27.4. The summed E-state index contributed by atoms with van der Waals surface area (Å²) in [5, 5.41) is 10.2. The summed E-state index contributed by atoms with van der Waals surface area (Å²) in [6.45, 7) is 1.94. The van der Waals surface area contributed by atoms with Crippen LogP contribution in [-0.2, 0) is 11.3 Å². The lowest BCUT2D eigenvalue weighted by Gasteiger charge is -2.11. The molecule has 0 spiro atoms. The number of rotatable bonds is 7. The number of pyridine rings is 1. The average Bonchev–Trinajstić information content (AvgIpc) is 3.06. The summed E-state index contributed by atoms with van der Waals surface area (Å²) in [7, 11) is 1.63. The smallest absolute Gasteiger partial charge is 0.341 e. The first kappa shape index (κ1) is 20.2. The van der Waals surface area contributed by atoms with Crippen molar-refractivity contribution >= 4 is 33.7 Å². The van der Waals surface area contributed by atoms with Crippen molar-refractivity contribution in [2.45, 2.75) is 13.5 Å². The molecule has 8 heteroatoms. The number of nitrogens with two attached hydrogens (primary N) is 1. The summed E-state index contributed by atoms with van der Waals surface area (Å²) in [6, 6.07) is 11.2. The fourth-order valence-electron chi connectivity index (χ4n) is 3.89. The van der Waals surface area contributed by atoms with Gasteiger partial charge in [-0.15, -0.1) is 0 Å². The van der Waals surface area contributed by atoms with Crippen molar-refractivity contribution in [3.8, 4) is 11.5 Å². The summed E-state index contributed by atoms with van der Waals surface area (Å²) in [6.07, 6.45) is 3.12. The minimum atomic E-state index is -1.11. The quantitative estimate of drug-likeness (QED) is 0.475. The molecule has 0 saturated carbocycles. The first-order valence-electron chi connectivity index (χ1n) is 9.57. The number of carboxylic acid groups (broad SMARTS) is 1. The van der Waals surface area contributed by atoms with Crippen LogP contribution in [0.25, 0.3) is 21.8 Å². The molecule has 0 radical (unpaired) electrons. The van der Waals surface area contributed by atoms with Crippen LogP contribution >= 0.6 is 0 Å². The summed E-state index contributed by atoms with van der Waals surface area (Å²) < 4.78 is 12.9. The van der Waals surface area contributed by atoms with E-state index in [1.54, 1.807) is 25.4 Å². The van der Waals surface area contributed by atoms with Crippen LogP contribution in [0.15, 0.2) is 48.8 Å². The highest BCUT2D eigenvalue weighted by Crippen LogP contribution is 2.37. The van der Waals surface area contributed by atoms with Crippen LogP contribution in [0.2, 0.25) is 0 Å². The lowest BCUT2D eigenvalue weighted by Crippen LogP contribution is -2.11. The number of aliphatic carboxylic acids is 1. The molecule has 0 aliphatic heterocycles. The van der Waals surface area contributed by atoms with Gasteiger partial charge in [-0.2, -0.15) is 0 Å². The van der Waals surface area contributed by atoms with E-state index < -0.39 is 18.5 Å². The maximum atomic E-state index is 12.2. The van der Waals surface area contributed by atoms with Crippen LogP contribution < -0.4 is 15.2 Å². The summed E-state index contributed by atoms with van der Waals surface area (Å²) in [5.74, 6) is -0.605. The average molecular weight is 419 g/mol. The van der Waals surface area contributed by atoms with Crippen LogP contribution in [0.3, 0.4) is 0 Å². The van der Waals surface area contributed by atoms with Crippen molar-refractivity contribution in [1.29, 1.82) is 0 Å². The van der Waals surface area contributed by atoms with Gasteiger partial charge in [-0.05, 0) is 36.2 Å². The third-order valence-corrected chi connectivity index (χ3v) is 5.18. The van der Waals surface area contributed by atoms with Crippen molar-refractivity contribution in [2.24, 2.45) is 5.73 Å². The SMILES string of the molecule is COc1ccc(Cn2c3cncc(OCC(=O)O)c3c3c(C(N)=O)cccc32)cc1C. The molecule has 0 bridgehead atoms. The second-order valence-electron chi connectivity index (χ2n) is 7.17. The molecule has 0 unspecified atom stereocenters. The van der Waals surface area contributed by atoms with Gasteiger partial charge in [0.25, 0.3) is 0 Å². The van der Waals surface area contributed by atoms with E-state index in [0.29, 0.717) is 28.4 Å². The van der Waals surface area contributed by atoms with Crippen molar-refractivity contribution in [3.05, 3.63) is 65.5 Å². The van der Waals surface area contributed by atoms with Gasteiger partial charge in [0.1, 0.15) is 11.5 Å². The molecule has 31 heavy (non-hydrogen) atoms. The molecular formula is C23H21N3O5. The third-order valence-electron chi connectivity index (χ3n) is 5.18. The standard InChI is InChI=1S/C23H21N3O5/c1-13-8-14(6-7-18(13)30-2)11-26-16-5-3-4-15(23(24)29)21(16)22-17(26)9-25-10-19(22)31-12-20(27)28/h3-10H,11-12H2,1-2H3,(H2,24,29)(H,27,28). The van der Waals surface area contributed by atoms with Crippen LogP contribution in [-0.4, -0.2) is 40.3 Å². The van der Waals surface area contributed by atoms with Crippen molar-refractivity contribution in [2.75, 3.05) is 13.7 Å². The van der Waals surface area contributed by atoms with Crippen LogP contribution in [0.1, 0.15) is 21.5 Å². The minimum Gasteiger partial charge on any atom is -0.496 e. The highest BCUT2D eigenvalue weighted by atomic mass is 16.5. The molecule has 0 fully saturated rings. The highest BCUT2D eigenvalue weighted by Gasteiger charge is 2.20. The minimum absolute atomic E-state index is 0.281. The third kappa shape index (κ3) is 3.63. The molecule has 0 atom stereocenters. The number of aryl methyl sites for hydroxylation is 1. The first-order valence-corrected chi connectivity index (χ1v) is 9.57. The van der Waals surface area contributed by atoms with Gasteiger partial charge in [0, 0.05) is 17.5 Å². The number of fused-ring (bicyclic) bond motifs is 3. The number of aromatic nitrogens is 2. The predicted octanol–water partition coefficient (Wildman–Crippen LogP) is 3.12. The van der Waals surface area contributed by atoms with Gasteiger partial charge in [-0.1, -0.05) is 18.2 Å². The normalized spacial score (nSPS) is 11.0. The molecule has 2 aromatic carbocycles. The number of methoxy groups -OCH3 is 1. The zero-order valence-corrected chi connectivity index (χ0v) is 17.1. The molecule has 2 heterocycles. The summed E-state index contributed by atoms with van der Waals surface area (Å²) >= 11 is 0. The monoisotopic (exact) mass is 419 g/mol. The van der Waals surface area contributed by atoms with E-state index in [0.717, 1.165) is 22.4 Å². The molecule has 8 nitrogen and oxygen atoms in total. The molecule has 0 saturated heterocycles. The fraction of sp³-hybridized carbons (Fsp3) is 0.174. The molecule has 0 aliphatic rings.